The van der Waals surface area contributed by atoms with Gasteiger partial charge in [-0.2, -0.15) is 0 Å². The Labute approximate surface area is 91.8 Å². The Bertz CT molecular complexity index is 230. The van der Waals surface area contributed by atoms with Crippen molar-refractivity contribution < 1.29 is 9.28 Å². The number of hydrogen-bond donors (Lipinski definition) is 1. The Morgan fingerprint density at radius 1 is 1.27 bits per heavy atom. The largest absolute Gasteiger partial charge is 0.349 e. The highest BCUT2D eigenvalue weighted by atomic mass is 16.2. The summed E-state index contributed by atoms with van der Waals surface area (Å²) in [7, 11) is 0. The van der Waals surface area contributed by atoms with E-state index >= 15 is 0 Å². The van der Waals surface area contributed by atoms with Crippen molar-refractivity contribution >= 4 is 5.91 Å². The van der Waals surface area contributed by atoms with Crippen LogP contribution in [0.1, 0.15) is 13.8 Å². The van der Waals surface area contributed by atoms with Crippen LogP contribution < -0.4 is 5.32 Å². The van der Waals surface area contributed by atoms with Crippen LogP contribution >= 0.6 is 0 Å². The van der Waals surface area contributed by atoms with Crippen molar-refractivity contribution in [2.75, 3.05) is 45.8 Å². The fourth-order valence-corrected chi connectivity index (χ4v) is 2.64. The van der Waals surface area contributed by atoms with Gasteiger partial charge in [0, 0.05) is 25.7 Å². The normalized spacial score (nSPS) is 34.5. The summed E-state index contributed by atoms with van der Waals surface area (Å²) in [6, 6.07) is 0.266. The summed E-state index contributed by atoms with van der Waals surface area (Å²) >= 11 is 0. The average Bonchev–Trinajstić information content (AvgIpc) is 2.18. The molecule has 3 fully saturated rings. The lowest BCUT2D eigenvalue weighted by molar-refractivity contribution is -0.933. The monoisotopic (exact) mass is 212 g/mol. The summed E-state index contributed by atoms with van der Waals surface area (Å²) in [5.41, 5.74) is 0. The van der Waals surface area contributed by atoms with E-state index in [4.69, 9.17) is 0 Å². The second-order valence-corrected chi connectivity index (χ2v) is 5.23. The quantitative estimate of drug-likeness (QED) is 0.649. The number of quaternary nitrogens is 1. The number of hydrogen-bond acceptors (Lipinski definition) is 2. The van der Waals surface area contributed by atoms with E-state index in [1.54, 1.807) is 0 Å². The highest BCUT2D eigenvalue weighted by Gasteiger charge is 2.39. The first-order valence-corrected chi connectivity index (χ1v) is 5.96. The van der Waals surface area contributed by atoms with E-state index in [2.05, 4.69) is 10.2 Å². The van der Waals surface area contributed by atoms with E-state index in [1.165, 1.54) is 19.6 Å². The highest BCUT2D eigenvalue weighted by molar-refractivity contribution is 5.77. The molecule has 4 heteroatoms. The lowest BCUT2D eigenvalue weighted by atomic mass is 10.1. The van der Waals surface area contributed by atoms with Crippen molar-refractivity contribution in [3.8, 4) is 0 Å². The van der Waals surface area contributed by atoms with Gasteiger partial charge in [-0.05, 0) is 13.8 Å². The first-order valence-electron chi connectivity index (χ1n) is 5.96. The molecular formula is C11H22N3O+. The maximum Gasteiger partial charge on any atom is 0.275 e. The Kier molecular flexibility index (Phi) is 2.98. The number of amides is 1. The molecule has 0 aromatic carbocycles. The van der Waals surface area contributed by atoms with Gasteiger partial charge < -0.3 is 9.80 Å². The molecule has 3 aliphatic rings. The van der Waals surface area contributed by atoms with Crippen LogP contribution in [0.15, 0.2) is 0 Å². The molecule has 1 amide bonds. The molecule has 0 aliphatic carbocycles. The fourth-order valence-electron chi connectivity index (χ4n) is 2.64. The molecule has 0 spiro atoms. The van der Waals surface area contributed by atoms with Crippen molar-refractivity contribution in [1.29, 1.82) is 0 Å². The highest BCUT2D eigenvalue weighted by Crippen LogP contribution is 2.18. The van der Waals surface area contributed by atoms with Crippen LogP contribution in [0.4, 0.5) is 0 Å². The molecule has 4 nitrogen and oxygen atoms in total. The molecule has 2 bridgehead atoms. The van der Waals surface area contributed by atoms with E-state index in [1.807, 2.05) is 13.8 Å². The second kappa shape index (κ2) is 4.10. The number of rotatable bonds is 3. The SMILES string of the molecule is CC(C)NC(=O)C[N+]12CCN(CC1)CC2. The predicted octanol–water partition coefficient (Wildman–Crippen LogP) is -0.343. The van der Waals surface area contributed by atoms with Gasteiger partial charge >= 0.3 is 0 Å². The van der Waals surface area contributed by atoms with Crippen LogP contribution in [0.2, 0.25) is 0 Å². The molecule has 3 heterocycles. The van der Waals surface area contributed by atoms with Gasteiger partial charge in [0.15, 0.2) is 6.54 Å². The van der Waals surface area contributed by atoms with Gasteiger partial charge in [-0.25, -0.2) is 0 Å². The van der Waals surface area contributed by atoms with Crippen molar-refractivity contribution in [2.45, 2.75) is 19.9 Å². The van der Waals surface area contributed by atoms with Gasteiger partial charge in [-0.15, -0.1) is 0 Å². The maximum absolute atomic E-state index is 11.8. The average molecular weight is 212 g/mol. The number of piperazine rings is 3. The van der Waals surface area contributed by atoms with Crippen molar-refractivity contribution in [1.82, 2.24) is 10.2 Å². The van der Waals surface area contributed by atoms with E-state index in [0.717, 1.165) is 24.1 Å². The minimum atomic E-state index is 0.223. The standard InChI is InChI=1S/C11H21N3O/c1-10(2)12-11(15)9-14-6-3-13(4-7-14)5-8-14/h10H,3-9H2,1-2H3/p+1. The minimum absolute atomic E-state index is 0.223. The first kappa shape index (κ1) is 10.9. The third kappa shape index (κ3) is 2.49. The topological polar surface area (TPSA) is 32.3 Å². The summed E-state index contributed by atoms with van der Waals surface area (Å²) < 4.78 is 1.02. The molecule has 0 atom stereocenters. The molecule has 86 valence electrons. The summed E-state index contributed by atoms with van der Waals surface area (Å²) in [5, 5.41) is 3.00. The Morgan fingerprint density at radius 2 is 1.80 bits per heavy atom. The van der Waals surface area contributed by atoms with Gasteiger partial charge in [-0.3, -0.25) is 9.69 Å². The molecule has 0 saturated carbocycles. The number of nitrogens with one attached hydrogen (secondary N) is 1. The maximum atomic E-state index is 11.8. The molecule has 0 aromatic heterocycles. The zero-order valence-electron chi connectivity index (χ0n) is 9.83. The summed E-state index contributed by atoms with van der Waals surface area (Å²) in [6.45, 7) is 11.7. The molecule has 0 aromatic rings. The summed E-state index contributed by atoms with van der Waals surface area (Å²) in [5.74, 6) is 0.223. The van der Waals surface area contributed by atoms with Crippen LogP contribution in [-0.4, -0.2) is 67.1 Å². The number of carbonyl (C=O) groups is 1. The van der Waals surface area contributed by atoms with E-state index in [9.17, 15) is 4.79 Å². The molecule has 0 unspecified atom stereocenters. The zero-order valence-corrected chi connectivity index (χ0v) is 9.83. The molecule has 3 saturated heterocycles. The smallest absolute Gasteiger partial charge is 0.275 e. The number of nitrogens with zero attached hydrogens (tertiary/aromatic N) is 2. The molecule has 1 N–H and O–H groups in total. The van der Waals surface area contributed by atoms with E-state index in [-0.39, 0.29) is 11.9 Å². The zero-order chi connectivity index (χ0) is 10.9. The Balaban J connectivity index is 1.89. The van der Waals surface area contributed by atoms with Crippen LogP contribution in [-0.2, 0) is 4.79 Å². The predicted molar refractivity (Wildman–Crippen MR) is 59.4 cm³/mol. The van der Waals surface area contributed by atoms with Crippen LogP contribution in [0.3, 0.4) is 0 Å². The number of carbonyl (C=O) groups excluding carboxylic acids is 1. The van der Waals surface area contributed by atoms with Gasteiger partial charge in [0.2, 0.25) is 0 Å². The van der Waals surface area contributed by atoms with Gasteiger partial charge in [0.05, 0.1) is 19.6 Å². The third-order valence-electron chi connectivity index (χ3n) is 3.60. The van der Waals surface area contributed by atoms with Crippen molar-refractivity contribution in [3.63, 3.8) is 0 Å². The second-order valence-electron chi connectivity index (χ2n) is 5.23. The lowest BCUT2D eigenvalue weighted by Crippen LogP contribution is -2.69. The number of fused-ring (bicyclic) bond motifs is 3. The first-order chi connectivity index (χ1) is 7.10. The summed E-state index contributed by atoms with van der Waals surface area (Å²) in [6.07, 6.45) is 0. The van der Waals surface area contributed by atoms with Gasteiger partial charge in [0.25, 0.3) is 5.91 Å². The minimum Gasteiger partial charge on any atom is -0.349 e. The summed E-state index contributed by atoms with van der Waals surface area (Å²) in [4.78, 5) is 14.3. The molecule has 3 rings (SSSR count). The Hall–Kier alpha value is -0.610. The molecule has 0 radical (unpaired) electrons. The molecular weight excluding hydrogens is 190 g/mol. The third-order valence-corrected chi connectivity index (χ3v) is 3.60. The van der Waals surface area contributed by atoms with Gasteiger partial charge in [-0.1, -0.05) is 0 Å². The van der Waals surface area contributed by atoms with Gasteiger partial charge in [0.1, 0.15) is 0 Å². The van der Waals surface area contributed by atoms with Crippen LogP contribution in [0.25, 0.3) is 0 Å². The van der Waals surface area contributed by atoms with Crippen LogP contribution in [0, 0.1) is 0 Å². The molecule has 15 heavy (non-hydrogen) atoms. The van der Waals surface area contributed by atoms with E-state index < -0.39 is 0 Å². The molecule has 3 aliphatic heterocycles. The van der Waals surface area contributed by atoms with Crippen molar-refractivity contribution in [3.05, 3.63) is 0 Å². The van der Waals surface area contributed by atoms with E-state index in [0.29, 0.717) is 6.54 Å². The Morgan fingerprint density at radius 3 is 2.27 bits per heavy atom. The fraction of sp³-hybridized carbons (Fsp3) is 0.909. The lowest BCUT2D eigenvalue weighted by Gasteiger charge is -2.50. The van der Waals surface area contributed by atoms with Crippen molar-refractivity contribution in [2.24, 2.45) is 0 Å². The van der Waals surface area contributed by atoms with Crippen LogP contribution in [0.5, 0.6) is 0 Å².